The van der Waals surface area contributed by atoms with Crippen molar-refractivity contribution in [1.82, 2.24) is 10.3 Å². The normalized spacial score (nSPS) is 14.5. The molecular formula is C16H14N2O3. The number of aromatic nitrogens is 1. The molecule has 3 aromatic rings. The van der Waals surface area contributed by atoms with E-state index in [1.165, 1.54) is 0 Å². The fourth-order valence-electron chi connectivity index (χ4n) is 2.34. The van der Waals surface area contributed by atoms with E-state index in [0.29, 0.717) is 17.5 Å². The number of hydrogen-bond acceptors (Lipinski definition) is 4. The number of nitrogens with zero attached hydrogens (tertiary/aromatic N) is 1. The molecule has 1 saturated carbocycles. The Hall–Kier alpha value is -2.56. The lowest BCUT2D eigenvalue weighted by molar-refractivity contribution is 0.0925. The predicted molar refractivity (Wildman–Crippen MR) is 78.6 cm³/mol. The van der Waals surface area contributed by atoms with Crippen molar-refractivity contribution in [2.75, 3.05) is 7.11 Å². The first kappa shape index (κ1) is 12.2. The van der Waals surface area contributed by atoms with Crippen LogP contribution >= 0.6 is 0 Å². The van der Waals surface area contributed by atoms with Crippen LogP contribution in [0, 0.1) is 0 Å². The Balaban J connectivity index is 1.78. The number of carbonyl (C=O) groups excluding carboxylic acids is 1. The van der Waals surface area contributed by atoms with Gasteiger partial charge in [0.1, 0.15) is 5.75 Å². The average molecular weight is 282 g/mol. The number of methoxy groups -OCH3 is 1. The highest BCUT2D eigenvalue weighted by Crippen LogP contribution is 2.26. The van der Waals surface area contributed by atoms with Crippen LogP contribution in [0.25, 0.3) is 22.0 Å². The molecule has 106 valence electrons. The van der Waals surface area contributed by atoms with Crippen molar-refractivity contribution in [3.8, 4) is 5.75 Å². The highest BCUT2D eigenvalue weighted by molar-refractivity contribution is 5.98. The third kappa shape index (κ3) is 2.20. The van der Waals surface area contributed by atoms with E-state index in [9.17, 15) is 4.79 Å². The summed E-state index contributed by atoms with van der Waals surface area (Å²) in [4.78, 5) is 16.5. The molecule has 1 N–H and O–H groups in total. The highest BCUT2D eigenvalue weighted by atomic mass is 16.5. The van der Waals surface area contributed by atoms with Gasteiger partial charge in [-0.3, -0.25) is 4.79 Å². The van der Waals surface area contributed by atoms with Crippen LogP contribution in [0.2, 0.25) is 0 Å². The van der Waals surface area contributed by atoms with Crippen LogP contribution in [0.4, 0.5) is 0 Å². The number of ether oxygens (including phenoxy) is 1. The smallest absolute Gasteiger partial charge is 0.287 e. The van der Waals surface area contributed by atoms with E-state index in [4.69, 9.17) is 9.15 Å². The van der Waals surface area contributed by atoms with Crippen molar-refractivity contribution in [1.29, 1.82) is 0 Å². The van der Waals surface area contributed by atoms with Crippen molar-refractivity contribution < 1.29 is 13.9 Å². The van der Waals surface area contributed by atoms with Gasteiger partial charge < -0.3 is 14.5 Å². The quantitative estimate of drug-likeness (QED) is 0.802. The molecule has 1 amide bonds. The molecule has 0 atom stereocenters. The van der Waals surface area contributed by atoms with E-state index < -0.39 is 0 Å². The van der Waals surface area contributed by atoms with Gasteiger partial charge in [0, 0.05) is 16.8 Å². The van der Waals surface area contributed by atoms with Crippen LogP contribution < -0.4 is 10.1 Å². The lowest BCUT2D eigenvalue weighted by Crippen LogP contribution is -2.24. The Morgan fingerprint density at radius 3 is 2.90 bits per heavy atom. The Kier molecular flexibility index (Phi) is 2.60. The maximum absolute atomic E-state index is 12.0. The lowest BCUT2D eigenvalue weighted by Gasteiger charge is -2.01. The minimum absolute atomic E-state index is 0.169. The molecule has 5 nitrogen and oxygen atoms in total. The monoisotopic (exact) mass is 282 g/mol. The Morgan fingerprint density at radius 1 is 1.29 bits per heavy atom. The number of benzene rings is 1. The first-order chi connectivity index (χ1) is 10.2. The van der Waals surface area contributed by atoms with E-state index in [1.807, 2.05) is 24.3 Å². The minimum atomic E-state index is -0.169. The average Bonchev–Trinajstić information content (AvgIpc) is 3.21. The zero-order valence-corrected chi connectivity index (χ0v) is 11.6. The molecule has 1 fully saturated rings. The first-order valence-electron chi connectivity index (χ1n) is 6.92. The topological polar surface area (TPSA) is 64.4 Å². The van der Waals surface area contributed by atoms with Gasteiger partial charge in [-0.05, 0) is 43.2 Å². The van der Waals surface area contributed by atoms with Crippen molar-refractivity contribution in [3.05, 3.63) is 36.1 Å². The molecule has 0 bridgehead atoms. The van der Waals surface area contributed by atoms with Crippen LogP contribution in [0.5, 0.6) is 5.75 Å². The van der Waals surface area contributed by atoms with Gasteiger partial charge >= 0.3 is 0 Å². The maximum Gasteiger partial charge on any atom is 0.287 e. The highest BCUT2D eigenvalue weighted by Gasteiger charge is 2.25. The molecule has 0 saturated heterocycles. The van der Waals surface area contributed by atoms with E-state index in [-0.39, 0.29) is 5.91 Å². The lowest BCUT2D eigenvalue weighted by atomic mass is 10.2. The summed E-state index contributed by atoms with van der Waals surface area (Å²) in [6.45, 7) is 0. The Bertz CT molecular complexity index is 849. The van der Waals surface area contributed by atoms with Crippen LogP contribution in [-0.4, -0.2) is 24.0 Å². The number of furan rings is 1. The molecule has 21 heavy (non-hydrogen) atoms. The number of nitrogens with one attached hydrogen (secondary N) is 1. The second kappa shape index (κ2) is 4.48. The second-order valence-corrected chi connectivity index (χ2v) is 5.30. The van der Waals surface area contributed by atoms with E-state index in [0.717, 1.165) is 34.9 Å². The maximum atomic E-state index is 12.0. The third-order valence-corrected chi connectivity index (χ3v) is 3.64. The molecule has 4 rings (SSSR count). The van der Waals surface area contributed by atoms with Gasteiger partial charge in [-0.1, -0.05) is 0 Å². The second-order valence-electron chi connectivity index (χ2n) is 5.30. The fraction of sp³-hybridized carbons (Fsp3) is 0.250. The predicted octanol–water partition coefficient (Wildman–Crippen LogP) is 2.88. The molecule has 2 aromatic heterocycles. The van der Waals surface area contributed by atoms with Gasteiger partial charge in [0.15, 0.2) is 5.76 Å². The number of amides is 1. The Morgan fingerprint density at radius 2 is 2.14 bits per heavy atom. The third-order valence-electron chi connectivity index (χ3n) is 3.64. The summed E-state index contributed by atoms with van der Waals surface area (Å²) in [6, 6.07) is 9.64. The molecular weight excluding hydrogens is 268 g/mol. The van der Waals surface area contributed by atoms with Crippen LogP contribution in [0.3, 0.4) is 0 Å². The van der Waals surface area contributed by atoms with Gasteiger partial charge in [-0.25, -0.2) is 4.98 Å². The molecule has 1 aromatic carbocycles. The largest absolute Gasteiger partial charge is 0.497 e. The SMILES string of the molecule is COc1ccc2nc3oc(C(=O)NC4CC4)cc3cc2c1. The molecule has 0 spiro atoms. The molecule has 1 aliphatic carbocycles. The van der Waals surface area contributed by atoms with E-state index in [1.54, 1.807) is 13.2 Å². The number of carbonyl (C=O) groups is 1. The molecule has 5 heteroatoms. The van der Waals surface area contributed by atoms with Crippen molar-refractivity contribution in [2.24, 2.45) is 0 Å². The van der Waals surface area contributed by atoms with Gasteiger partial charge in [-0.15, -0.1) is 0 Å². The summed E-state index contributed by atoms with van der Waals surface area (Å²) < 4.78 is 10.8. The van der Waals surface area contributed by atoms with E-state index in [2.05, 4.69) is 10.3 Å². The zero-order chi connectivity index (χ0) is 14.4. The van der Waals surface area contributed by atoms with Crippen LogP contribution in [0.1, 0.15) is 23.4 Å². The van der Waals surface area contributed by atoms with E-state index >= 15 is 0 Å². The van der Waals surface area contributed by atoms with Gasteiger partial charge in [0.05, 0.1) is 12.6 Å². The summed E-state index contributed by atoms with van der Waals surface area (Å²) >= 11 is 0. The molecule has 2 heterocycles. The number of fused-ring (bicyclic) bond motifs is 2. The summed E-state index contributed by atoms with van der Waals surface area (Å²) in [6.07, 6.45) is 2.10. The number of rotatable bonds is 3. The van der Waals surface area contributed by atoms with Gasteiger partial charge in [-0.2, -0.15) is 0 Å². The molecule has 1 aliphatic rings. The Labute approximate surface area is 120 Å². The minimum Gasteiger partial charge on any atom is -0.497 e. The molecule has 0 unspecified atom stereocenters. The summed E-state index contributed by atoms with van der Waals surface area (Å²) in [5.41, 5.74) is 1.29. The molecule has 0 radical (unpaired) electrons. The van der Waals surface area contributed by atoms with Crippen molar-refractivity contribution >= 4 is 27.9 Å². The summed E-state index contributed by atoms with van der Waals surface area (Å²) in [7, 11) is 1.63. The van der Waals surface area contributed by atoms with Gasteiger partial charge in [0.25, 0.3) is 5.91 Å². The van der Waals surface area contributed by atoms with Crippen LogP contribution in [0.15, 0.2) is 34.7 Å². The van der Waals surface area contributed by atoms with Gasteiger partial charge in [0.2, 0.25) is 5.71 Å². The number of pyridine rings is 1. The molecule has 0 aliphatic heterocycles. The van der Waals surface area contributed by atoms with Crippen LogP contribution in [-0.2, 0) is 0 Å². The fourth-order valence-corrected chi connectivity index (χ4v) is 2.34. The summed E-state index contributed by atoms with van der Waals surface area (Å²) in [5.74, 6) is 0.919. The standard InChI is InChI=1S/C16H14N2O3/c1-20-12-4-5-13-9(7-12)6-10-8-14(21-16(10)18-13)15(19)17-11-2-3-11/h4-8,11H,2-3H2,1H3,(H,17,19). The zero-order valence-electron chi connectivity index (χ0n) is 11.6. The first-order valence-corrected chi connectivity index (χ1v) is 6.92. The number of hydrogen-bond donors (Lipinski definition) is 1. The summed E-state index contributed by atoms with van der Waals surface area (Å²) in [5, 5.41) is 4.68. The van der Waals surface area contributed by atoms with Crippen molar-refractivity contribution in [2.45, 2.75) is 18.9 Å². The van der Waals surface area contributed by atoms with Crippen molar-refractivity contribution in [3.63, 3.8) is 0 Å².